The molecular weight excluding hydrogens is 605 g/mol. The maximum Gasteiger partial charge on any atom is 0.418 e. The lowest BCUT2D eigenvalue weighted by atomic mass is 9.96. The number of rotatable bonds is 7. The van der Waals surface area contributed by atoms with Gasteiger partial charge in [-0.15, -0.1) is 0 Å². The number of aromatic nitrogens is 1. The Morgan fingerprint density at radius 1 is 0.804 bits per heavy atom. The number of allylic oxidation sites excluding steroid dienone is 7. The van der Waals surface area contributed by atoms with Crippen LogP contribution in [0, 0.1) is 6.92 Å². The van der Waals surface area contributed by atoms with E-state index in [1.54, 1.807) is 32.9 Å². The Hall–Kier alpha value is -5.04. The molecule has 1 unspecified atom stereocenters. The number of hydrogen-bond acceptors (Lipinski definition) is 7. The van der Waals surface area contributed by atoms with Crippen molar-refractivity contribution in [1.29, 1.82) is 0 Å². The summed E-state index contributed by atoms with van der Waals surface area (Å²) >= 11 is 0. The largest absolute Gasteiger partial charge is 0.515 e. The summed E-state index contributed by atoms with van der Waals surface area (Å²) in [5.41, 5.74) is 4.60. The lowest BCUT2D eigenvalue weighted by Crippen LogP contribution is -2.31. The van der Waals surface area contributed by atoms with Crippen LogP contribution in [0.3, 0.4) is 0 Å². The van der Waals surface area contributed by atoms with Crippen molar-refractivity contribution in [1.82, 2.24) is 4.98 Å². The summed E-state index contributed by atoms with van der Waals surface area (Å²) in [5.74, 6) is -2.03. The topological polar surface area (TPSA) is 168 Å². The number of nitrogens with one attached hydrogen (secondary N) is 1. The van der Waals surface area contributed by atoms with E-state index >= 15 is 0 Å². The fourth-order valence-corrected chi connectivity index (χ4v) is 5.84. The van der Waals surface area contributed by atoms with Gasteiger partial charge in [0.1, 0.15) is 0 Å². The van der Waals surface area contributed by atoms with Gasteiger partial charge in [0.05, 0.1) is 45.8 Å². The molecule has 4 aliphatic heterocycles. The molecule has 0 spiro atoms. The van der Waals surface area contributed by atoms with Crippen molar-refractivity contribution in [3.63, 3.8) is 0 Å². The van der Waals surface area contributed by atoms with Crippen molar-refractivity contribution in [2.75, 3.05) is 0 Å². The second-order valence-corrected chi connectivity index (χ2v) is 11.3. The van der Waals surface area contributed by atoms with Crippen LogP contribution in [0.2, 0.25) is 0 Å². The average molecular weight is 637 g/mol. The SMILES string of the molecule is CC1=C(CCC(=O)O)C2=CC3=NC(=CC4=NC(=Cc5[nH]c(/c(=C/O)c5C)=CC1=N2)C(C(O)C(F)(F)F)=C4C)C(C)=C3CCC(=O)O. The molecule has 0 aliphatic carbocycles. The molecule has 46 heavy (non-hydrogen) atoms. The highest BCUT2D eigenvalue weighted by molar-refractivity contribution is 6.24. The average Bonchev–Trinajstić information content (AvgIpc) is 3.63. The molecule has 5 heterocycles. The van der Waals surface area contributed by atoms with Gasteiger partial charge in [0.25, 0.3) is 0 Å². The van der Waals surface area contributed by atoms with Crippen LogP contribution in [-0.4, -0.2) is 66.8 Å². The van der Waals surface area contributed by atoms with Crippen LogP contribution in [-0.2, 0) is 9.59 Å². The Balaban J connectivity index is 1.84. The number of carboxylic acid groups (broad SMARTS) is 2. The Labute approximate surface area is 260 Å². The number of hydrogen-bond donors (Lipinski definition) is 5. The van der Waals surface area contributed by atoms with E-state index in [4.69, 9.17) is 9.98 Å². The van der Waals surface area contributed by atoms with Gasteiger partial charge in [-0.25, -0.2) is 15.0 Å². The van der Waals surface area contributed by atoms with Crippen molar-refractivity contribution in [3.05, 3.63) is 84.5 Å². The molecule has 1 aromatic rings. The van der Waals surface area contributed by atoms with Gasteiger partial charge in [-0.2, -0.15) is 13.2 Å². The minimum Gasteiger partial charge on any atom is -0.515 e. The first-order valence-electron chi connectivity index (χ1n) is 14.4. The van der Waals surface area contributed by atoms with Crippen molar-refractivity contribution in [2.45, 2.75) is 65.7 Å². The number of aromatic amines is 1. The fraction of sp³-hybridized carbons (Fsp3) is 0.303. The second kappa shape index (κ2) is 12.0. The molecule has 5 rings (SSSR count). The number of fused-ring (bicyclic) bond motifs is 5. The summed E-state index contributed by atoms with van der Waals surface area (Å²) in [6, 6.07) is 0. The Morgan fingerprint density at radius 3 is 1.98 bits per heavy atom. The molecule has 5 N–H and O–H groups in total. The van der Waals surface area contributed by atoms with Crippen molar-refractivity contribution in [2.24, 2.45) is 15.0 Å². The number of H-pyrrole nitrogens is 1. The molecule has 0 fully saturated rings. The Kier molecular flexibility index (Phi) is 8.47. The summed E-state index contributed by atoms with van der Waals surface area (Å²) in [6.07, 6.45) is -0.912. The van der Waals surface area contributed by atoms with Crippen molar-refractivity contribution < 1.29 is 43.2 Å². The first-order valence-corrected chi connectivity index (χ1v) is 14.4. The van der Waals surface area contributed by atoms with Gasteiger partial charge in [-0.1, -0.05) is 0 Å². The molecule has 10 nitrogen and oxygen atoms in total. The van der Waals surface area contributed by atoms with Crippen LogP contribution in [0.4, 0.5) is 13.2 Å². The first-order chi connectivity index (χ1) is 21.6. The van der Waals surface area contributed by atoms with Gasteiger partial charge in [-0.3, -0.25) is 9.59 Å². The number of nitrogens with zero attached hydrogens (tertiary/aromatic N) is 3. The number of carboxylic acids is 2. The molecule has 0 radical (unpaired) electrons. The lowest BCUT2D eigenvalue weighted by Gasteiger charge is -2.17. The van der Waals surface area contributed by atoms with E-state index in [1.807, 2.05) is 0 Å². The highest BCUT2D eigenvalue weighted by Crippen LogP contribution is 2.39. The zero-order chi connectivity index (χ0) is 33.7. The van der Waals surface area contributed by atoms with Gasteiger partial charge in [0.15, 0.2) is 6.10 Å². The van der Waals surface area contributed by atoms with E-state index in [2.05, 4.69) is 9.98 Å². The quantitative estimate of drug-likeness (QED) is 0.296. The summed E-state index contributed by atoms with van der Waals surface area (Å²) in [5, 5.41) is 40.1. The van der Waals surface area contributed by atoms with Crippen LogP contribution in [0.5, 0.6) is 0 Å². The predicted octanol–water partition coefficient (Wildman–Crippen LogP) is 4.49. The zero-order valence-corrected chi connectivity index (χ0v) is 25.4. The summed E-state index contributed by atoms with van der Waals surface area (Å²) < 4.78 is 41.6. The molecule has 240 valence electrons. The normalized spacial score (nSPS) is 19.1. The zero-order valence-electron chi connectivity index (χ0n) is 25.4. The number of halogens is 3. The van der Waals surface area contributed by atoms with E-state index in [1.165, 1.54) is 19.1 Å². The second-order valence-electron chi connectivity index (χ2n) is 11.3. The lowest BCUT2D eigenvalue weighted by molar-refractivity contribution is -0.190. The van der Waals surface area contributed by atoms with E-state index in [0.717, 1.165) is 6.26 Å². The third kappa shape index (κ3) is 5.97. The highest BCUT2D eigenvalue weighted by atomic mass is 19.4. The maximum absolute atomic E-state index is 13.9. The van der Waals surface area contributed by atoms with Crippen molar-refractivity contribution in [3.8, 4) is 0 Å². The summed E-state index contributed by atoms with van der Waals surface area (Å²) in [6.45, 7) is 6.59. The van der Waals surface area contributed by atoms with Gasteiger partial charge >= 0.3 is 18.1 Å². The number of aliphatic carboxylic acids is 2. The van der Waals surface area contributed by atoms with E-state index in [0.29, 0.717) is 66.9 Å². The number of aliphatic hydroxyl groups is 2. The van der Waals surface area contributed by atoms with Crippen LogP contribution >= 0.6 is 0 Å². The standard InChI is InChI=1S/C33H31F3N4O6/c1-14-18(5-7-29(42)43)25-12-26-19(6-8-30(44)45)15(2)22(38-26)10-27-20(13-41)16(3)23(39-27)11-28-31(32(46)33(34,35)36)17(4)24(40-28)9-21(14)37-25/h9-13,32,39,41,46H,5-8H2,1-4H3,(H,42,43)(H,44,45)/b20-13+,21-9?,26-12?,27-10?,28-11?. The third-order valence-corrected chi connectivity index (χ3v) is 8.45. The van der Waals surface area contributed by atoms with E-state index in [9.17, 15) is 43.2 Å². The van der Waals surface area contributed by atoms with Crippen LogP contribution in [0.25, 0.3) is 18.4 Å². The molecule has 0 aromatic carbocycles. The smallest absolute Gasteiger partial charge is 0.418 e. The van der Waals surface area contributed by atoms with Crippen LogP contribution in [0.15, 0.2) is 77.7 Å². The number of aliphatic imine (C=N–C) groups is 3. The maximum atomic E-state index is 13.9. The van der Waals surface area contributed by atoms with Gasteiger partial charge < -0.3 is 25.4 Å². The van der Waals surface area contributed by atoms with Crippen LogP contribution in [0.1, 0.15) is 57.7 Å². The van der Waals surface area contributed by atoms with Gasteiger partial charge in [-0.05, 0) is 98.3 Å². The van der Waals surface area contributed by atoms with E-state index in [-0.39, 0.29) is 42.7 Å². The molecular formula is C33H31F3N4O6. The minimum absolute atomic E-state index is 0.0823. The predicted molar refractivity (Wildman–Crippen MR) is 167 cm³/mol. The molecule has 0 saturated carbocycles. The molecule has 13 heteroatoms. The fourth-order valence-electron chi connectivity index (χ4n) is 5.84. The summed E-state index contributed by atoms with van der Waals surface area (Å²) in [4.78, 5) is 40.1. The van der Waals surface area contributed by atoms with E-state index < -0.39 is 29.8 Å². The number of alkyl halides is 3. The third-order valence-electron chi connectivity index (χ3n) is 8.45. The van der Waals surface area contributed by atoms with Crippen molar-refractivity contribution >= 4 is 47.5 Å². The minimum atomic E-state index is -4.98. The molecule has 0 saturated heterocycles. The molecule has 4 aliphatic rings. The first kappa shape index (κ1) is 32.4. The molecule has 1 atom stereocenters. The molecule has 8 bridgehead atoms. The number of carbonyl (C=O) groups is 2. The Bertz CT molecular complexity index is 1990. The molecule has 1 aromatic heterocycles. The highest BCUT2D eigenvalue weighted by Gasteiger charge is 2.44. The van der Waals surface area contributed by atoms with Gasteiger partial charge in [0, 0.05) is 29.3 Å². The summed E-state index contributed by atoms with van der Waals surface area (Å²) in [7, 11) is 0. The number of aliphatic hydroxyl groups excluding tert-OH is 2. The molecule has 0 amide bonds. The van der Waals surface area contributed by atoms with Crippen LogP contribution < -0.4 is 10.6 Å². The Morgan fingerprint density at radius 2 is 1.37 bits per heavy atom. The van der Waals surface area contributed by atoms with Gasteiger partial charge in [0.2, 0.25) is 0 Å². The monoisotopic (exact) mass is 636 g/mol.